The molecular formula is C13H19N5O. The van der Waals surface area contributed by atoms with Crippen molar-refractivity contribution in [2.45, 2.75) is 6.10 Å². The van der Waals surface area contributed by atoms with E-state index in [1.165, 1.54) is 6.20 Å². The highest BCUT2D eigenvalue weighted by atomic mass is 16.5. The molecule has 0 aromatic carbocycles. The summed E-state index contributed by atoms with van der Waals surface area (Å²) in [6.07, 6.45) is 1.67. The van der Waals surface area contributed by atoms with E-state index in [9.17, 15) is 0 Å². The number of hydrogen-bond acceptors (Lipinski definition) is 6. The van der Waals surface area contributed by atoms with Crippen LogP contribution in [-0.4, -0.2) is 56.3 Å². The minimum Gasteiger partial charge on any atom is -0.384 e. The van der Waals surface area contributed by atoms with Gasteiger partial charge in [-0.2, -0.15) is 5.26 Å². The van der Waals surface area contributed by atoms with E-state index in [0.29, 0.717) is 18.0 Å². The summed E-state index contributed by atoms with van der Waals surface area (Å²) in [5, 5.41) is 9.15. The maximum absolute atomic E-state index is 9.15. The van der Waals surface area contributed by atoms with Crippen LogP contribution in [0.2, 0.25) is 0 Å². The van der Waals surface area contributed by atoms with Crippen LogP contribution in [0.1, 0.15) is 5.56 Å². The zero-order valence-corrected chi connectivity index (χ0v) is 11.3. The molecule has 1 aliphatic heterocycles. The number of rotatable bonds is 3. The first-order valence-corrected chi connectivity index (χ1v) is 6.27. The third kappa shape index (κ3) is 3.34. The van der Waals surface area contributed by atoms with E-state index in [1.54, 1.807) is 6.07 Å². The van der Waals surface area contributed by atoms with Gasteiger partial charge in [-0.3, -0.25) is 0 Å². The average molecular weight is 261 g/mol. The van der Waals surface area contributed by atoms with Crippen molar-refractivity contribution in [1.82, 2.24) is 9.88 Å². The highest BCUT2D eigenvalue weighted by Gasteiger charge is 2.23. The van der Waals surface area contributed by atoms with Gasteiger partial charge in [0.2, 0.25) is 0 Å². The van der Waals surface area contributed by atoms with Crippen molar-refractivity contribution in [2.75, 3.05) is 51.0 Å². The van der Waals surface area contributed by atoms with Crippen LogP contribution < -0.4 is 10.6 Å². The number of aromatic nitrogens is 1. The molecule has 0 saturated carbocycles. The molecule has 6 heteroatoms. The summed E-state index contributed by atoms with van der Waals surface area (Å²) in [4.78, 5) is 8.21. The molecule has 1 saturated heterocycles. The Balaban J connectivity index is 2.17. The van der Waals surface area contributed by atoms with Crippen LogP contribution in [-0.2, 0) is 4.74 Å². The molecule has 1 aromatic heterocycles. The zero-order chi connectivity index (χ0) is 13.8. The topological polar surface area (TPSA) is 78.4 Å². The van der Waals surface area contributed by atoms with Crippen LogP contribution in [0.15, 0.2) is 12.3 Å². The number of nitrogens with zero attached hydrogens (tertiary/aromatic N) is 4. The quantitative estimate of drug-likeness (QED) is 0.843. The van der Waals surface area contributed by atoms with Gasteiger partial charge >= 0.3 is 0 Å². The molecular weight excluding hydrogens is 242 g/mol. The SMILES string of the molecule is CN(C)CC1CN(c2cc(N)ncc2C#N)CCO1. The van der Waals surface area contributed by atoms with Gasteiger partial charge in [-0.25, -0.2) is 4.98 Å². The van der Waals surface area contributed by atoms with Crippen molar-refractivity contribution < 1.29 is 4.74 Å². The van der Waals surface area contributed by atoms with Crippen LogP contribution in [0.3, 0.4) is 0 Å². The van der Waals surface area contributed by atoms with Crippen molar-refractivity contribution >= 4 is 11.5 Å². The fourth-order valence-corrected chi connectivity index (χ4v) is 2.26. The van der Waals surface area contributed by atoms with E-state index >= 15 is 0 Å². The van der Waals surface area contributed by atoms with Crippen LogP contribution in [0.4, 0.5) is 11.5 Å². The summed E-state index contributed by atoms with van der Waals surface area (Å²) >= 11 is 0. The van der Waals surface area contributed by atoms with Gasteiger partial charge in [-0.15, -0.1) is 0 Å². The van der Waals surface area contributed by atoms with Crippen molar-refractivity contribution in [3.63, 3.8) is 0 Å². The molecule has 6 nitrogen and oxygen atoms in total. The number of hydrogen-bond donors (Lipinski definition) is 1. The fraction of sp³-hybridized carbons (Fsp3) is 0.538. The minimum atomic E-state index is 0.143. The maximum Gasteiger partial charge on any atom is 0.125 e. The molecule has 2 N–H and O–H groups in total. The number of morpholine rings is 1. The van der Waals surface area contributed by atoms with Gasteiger partial charge in [0.1, 0.15) is 11.9 Å². The number of nitrogens with two attached hydrogens (primary N) is 1. The standard InChI is InChI=1S/C13H19N5O/c1-17(2)8-11-9-18(3-4-19-11)12-5-13(15)16-7-10(12)6-14/h5,7,11H,3-4,8-9H2,1-2H3,(H2,15,16). The lowest BCUT2D eigenvalue weighted by Gasteiger charge is -2.36. The van der Waals surface area contributed by atoms with Gasteiger partial charge in [0.25, 0.3) is 0 Å². The summed E-state index contributed by atoms with van der Waals surface area (Å²) in [5.74, 6) is 0.435. The average Bonchev–Trinajstić information content (AvgIpc) is 2.38. The van der Waals surface area contributed by atoms with E-state index in [4.69, 9.17) is 15.7 Å². The Morgan fingerprint density at radius 3 is 3.11 bits per heavy atom. The molecule has 102 valence electrons. The Hall–Kier alpha value is -1.84. The Morgan fingerprint density at radius 1 is 1.63 bits per heavy atom. The number of ether oxygens (including phenoxy) is 1. The summed E-state index contributed by atoms with van der Waals surface area (Å²) < 4.78 is 5.73. The maximum atomic E-state index is 9.15. The largest absolute Gasteiger partial charge is 0.384 e. The van der Waals surface area contributed by atoms with Crippen LogP contribution in [0, 0.1) is 11.3 Å². The molecule has 19 heavy (non-hydrogen) atoms. The smallest absolute Gasteiger partial charge is 0.125 e. The first kappa shape index (κ1) is 13.6. The Morgan fingerprint density at radius 2 is 2.42 bits per heavy atom. The third-order valence-corrected chi connectivity index (χ3v) is 3.07. The number of likely N-dealkylation sites (N-methyl/N-ethyl adjacent to an activating group) is 1. The van der Waals surface area contributed by atoms with E-state index < -0.39 is 0 Å². The Bertz CT molecular complexity index is 482. The van der Waals surface area contributed by atoms with E-state index in [0.717, 1.165) is 25.3 Å². The first-order chi connectivity index (χ1) is 9.10. The van der Waals surface area contributed by atoms with Gasteiger partial charge in [0.15, 0.2) is 0 Å². The molecule has 0 bridgehead atoms. The van der Waals surface area contributed by atoms with Gasteiger partial charge in [0, 0.05) is 31.9 Å². The zero-order valence-electron chi connectivity index (χ0n) is 11.3. The van der Waals surface area contributed by atoms with Gasteiger partial charge in [-0.05, 0) is 14.1 Å². The molecule has 1 fully saturated rings. The molecule has 1 unspecified atom stereocenters. The number of nitrogen functional groups attached to an aromatic ring is 1. The fourth-order valence-electron chi connectivity index (χ4n) is 2.26. The summed E-state index contributed by atoms with van der Waals surface area (Å²) in [6, 6.07) is 3.93. The summed E-state index contributed by atoms with van der Waals surface area (Å²) in [7, 11) is 4.04. The third-order valence-electron chi connectivity index (χ3n) is 3.07. The Kier molecular flexibility index (Phi) is 4.20. The molecule has 0 aliphatic carbocycles. The van der Waals surface area contributed by atoms with E-state index in [-0.39, 0.29) is 6.10 Å². The van der Waals surface area contributed by atoms with Crippen molar-refractivity contribution in [3.05, 3.63) is 17.8 Å². The molecule has 1 aromatic rings. The van der Waals surface area contributed by atoms with Crippen molar-refractivity contribution in [1.29, 1.82) is 5.26 Å². The van der Waals surface area contributed by atoms with Crippen LogP contribution >= 0.6 is 0 Å². The molecule has 1 aliphatic rings. The second kappa shape index (κ2) is 5.87. The molecule has 0 spiro atoms. The van der Waals surface area contributed by atoms with Gasteiger partial charge < -0.3 is 20.3 Å². The molecule has 0 amide bonds. The molecule has 0 radical (unpaired) electrons. The van der Waals surface area contributed by atoms with E-state index in [1.807, 2.05) is 14.1 Å². The number of anilines is 2. The second-order valence-corrected chi connectivity index (χ2v) is 4.94. The van der Waals surface area contributed by atoms with Gasteiger partial charge in [0.05, 0.1) is 24.0 Å². The number of pyridine rings is 1. The lowest BCUT2D eigenvalue weighted by atomic mass is 10.2. The Labute approximate surface area is 113 Å². The lowest BCUT2D eigenvalue weighted by Crippen LogP contribution is -2.46. The molecule has 2 heterocycles. The second-order valence-electron chi connectivity index (χ2n) is 4.94. The molecule has 2 rings (SSSR count). The van der Waals surface area contributed by atoms with Crippen molar-refractivity contribution in [3.8, 4) is 6.07 Å². The highest BCUT2D eigenvalue weighted by Crippen LogP contribution is 2.23. The minimum absolute atomic E-state index is 0.143. The van der Waals surface area contributed by atoms with Crippen molar-refractivity contribution in [2.24, 2.45) is 0 Å². The predicted octanol–water partition coefficient (Wildman–Crippen LogP) is 0.302. The predicted molar refractivity (Wildman–Crippen MR) is 73.9 cm³/mol. The summed E-state index contributed by atoms with van der Waals surface area (Å²) in [6.45, 7) is 3.04. The first-order valence-electron chi connectivity index (χ1n) is 6.27. The molecule has 1 atom stereocenters. The van der Waals surface area contributed by atoms with Gasteiger partial charge in [-0.1, -0.05) is 0 Å². The van der Waals surface area contributed by atoms with Crippen LogP contribution in [0.5, 0.6) is 0 Å². The van der Waals surface area contributed by atoms with Crippen LogP contribution in [0.25, 0.3) is 0 Å². The van der Waals surface area contributed by atoms with E-state index in [2.05, 4.69) is 20.9 Å². The highest BCUT2D eigenvalue weighted by molar-refractivity contribution is 5.62. The number of nitriles is 1. The summed E-state index contributed by atoms with van der Waals surface area (Å²) in [5.41, 5.74) is 7.12. The monoisotopic (exact) mass is 261 g/mol. The normalized spacial score (nSPS) is 19.5. The lowest BCUT2D eigenvalue weighted by molar-refractivity contribution is 0.0247.